The van der Waals surface area contributed by atoms with Crippen molar-refractivity contribution >= 4 is 29.6 Å². The Morgan fingerprint density at radius 1 is 1.14 bits per heavy atom. The number of aromatic nitrogens is 2. The maximum absolute atomic E-state index is 12.4. The highest BCUT2D eigenvalue weighted by molar-refractivity contribution is 5.94. The van der Waals surface area contributed by atoms with E-state index in [9.17, 15) is 24.0 Å². The zero-order valence-corrected chi connectivity index (χ0v) is 15.3. The maximum atomic E-state index is 12.4. The topological polar surface area (TPSA) is 243 Å². The molecule has 3 atom stereocenters. The van der Waals surface area contributed by atoms with Crippen molar-refractivity contribution in [2.45, 2.75) is 31.0 Å². The summed E-state index contributed by atoms with van der Waals surface area (Å²) in [6.07, 6.45) is 2.32. The number of aliphatic hydroxyl groups excluding tert-OH is 1. The number of carbonyl (C=O) groups is 5. The molecule has 1 aromatic rings. The molecule has 0 aliphatic carbocycles. The van der Waals surface area contributed by atoms with Crippen LogP contribution in [0.1, 0.15) is 12.1 Å². The van der Waals surface area contributed by atoms with Gasteiger partial charge in [0.25, 0.3) is 0 Å². The van der Waals surface area contributed by atoms with Gasteiger partial charge in [-0.25, -0.2) is 9.78 Å². The summed E-state index contributed by atoms with van der Waals surface area (Å²) in [7, 11) is 0. The predicted octanol–water partition coefficient (Wildman–Crippen LogP) is -4.68. The minimum atomic E-state index is -1.52. The van der Waals surface area contributed by atoms with Gasteiger partial charge >= 0.3 is 5.97 Å². The summed E-state index contributed by atoms with van der Waals surface area (Å²) in [5, 5.41) is 24.3. The van der Waals surface area contributed by atoms with Crippen LogP contribution in [0.5, 0.6) is 0 Å². The number of nitrogens with zero attached hydrogens (tertiary/aromatic N) is 1. The van der Waals surface area contributed by atoms with E-state index in [-0.39, 0.29) is 6.42 Å². The molecule has 4 amide bonds. The number of aromatic amines is 1. The second-order valence-corrected chi connectivity index (χ2v) is 5.98. The number of carboxylic acids is 1. The molecule has 1 rings (SSSR count). The van der Waals surface area contributed by atoms with Crippen LogP contribution >= 0.6 is 0 Å². The second-order valence-electron chi connectivity index (χ2n) is 5.98. The molecule has 14 nitrogen and oxygen atoms in total. The number of amides is 4. The van der Waals surface area contributed by atoms with Crippen molar-refractivity contribution in [3.63, 3.8) is 0 Å². The highest BCUT2D eigenvalue weighted by Gasteiger charge is 2.26. The fourth-order valence-corrected chi connectivity index (χ4v) is 2.14. The number of H-pyrrole nitrogens is 1. The number of carbonyl (C=O) groups excluding carboxylic acids is 4. The lowest BCUT2D eigenvalue weighted by Crippen LogP contribution is -2.55. The summed E-state index contributed by atoms with van der Waals surface area (Å²) in [6.45, 7) is -1.43. The smallest absolute Gasteiger partial charge is 0.328 e. The van der Waals surface area contributed by atoms with Gasteiger partial charge in [0.15, 0.2) is 0 Å². The Kier molecular flexibility index (Phi) is 9.21. The van der Waals surface area contributed by atoms with Gasteiger partial charge in [-0.2, -0.15) is 0 Å². The lowest BCUT2D eigenvalue weighted by Gasteiger charge is -2.20. The molecule has 0 saturated heterocycles. The van der Waals surface area contributed by atoms with E-state index in [2.05, 4.69) is 20.6 Å². The number of nitrogens with two attached hydrogens (primary N) is 2. The number of aliphatic hydroxyl groups is 1. The summed E-state index contributed by atoms with van der Waals surface area (Å²) in [5.41, 5.74) is 11.0. The van der Waals surface area contributed by atoms with Crippen LogP contribution in [0.2, 0.25) is 0 Å². The Morgan fingerprint density at radius 3 is 2.34 bits per heavy atom. The van der Waals surface area contributed by atoms with Crippen molar-refractivity contribution < 1.29 is 34.2 Å². The quantitative estimate of drug-likeness (QED) is 0.164. The average Bonchev–Trinajstić information content (AvgIpc) is 3.15. The van der Waals surface area contributed by atoms with E-state index in [4.69, 9.17) is 21.7 Å². The fourth-order valence-electron chi connectivity index (χ4n) is 2.14. The van der Waals surface area contributed by atoms with Gasteiger partial charge < -0.3 is 42.6 Å². The van der Waals surface area contributed by atoms with E-state index in [1.165, 1.54) is 12.5 Å². The number of carboxylic acid groups (broad SMARTS) is 1. The van der Waals surface area contributed by atoms with Gasteiger partial charge in [-0.05, 0) is 0 Å². The molecule has 0 radical (unpaired) electrons. The molecule has 10 N–H and O–H groups in total. The van der Waals surface area contributed by atoms with E-state index < -0.39 is 67.3 Å². The molecule has 1 heterocycles. The third kappa shape index (κ3) is 8.35. The molecule has 1 aromatic heterocycles. The minimum absolute atomic E-state index is 0.0309. The molecule has 14 heteroatoms. The molecule has 0 spiro atoms. The monoisotopic (exact) mass is 413 g/mol. The predicted molar refractivity (Wildman–Crippen MR) is 95.7 cm³/mol. The number of aliphatic carboxylic acids is 1. The Hall–Kier alpha value is -3.52. The molecule has 3 unspecified atom stereocenters. The first-order valence-corrected chi connectivity index (χ1v) is 8.36. The van der Waals surface area contributed by atoms with Crippen LogP contribution in [0.4, 0.5) is 0 Å². The lowest BCUT2D eigenvalue weighted by molar-refractivity contribution is -0.142. The number of primary amides is 1. The first-order valence-electron chi connectivity index (χ1n) is 8.36. The highest BCUT2D eigenvalue weighted by atomic mass is 16.4. The summed E-state index contributed by atoms with van der Waals surface area (Å²) in [6, 6.07) is -3.97. The van der Waals surface area contributed by atoms with Gasteiger partial charge in [0, 0.05) is 18.3 Å². The van der Waals surface area contributed by atoms with Crippen molar-refractivity contribution in [3.8, 4) is 0 Å². The normalized spacial score (nSPS) is 13.6. The number of nitrogens with one attached hydrogen (secondary N) is 4. The molecular weight excluding hydrogens is 390 g/mol. The zero-order valence-electron chi connectivity index (χ0n) is 15.3. The highest BCUT2D eigenvalue weighted by Crippen LogP contribution is 2.00. The van der Waals surface area contributed by atoms with Gasteiger partial charge in [-0.1, -0.05) is 0 Å². The summed E-state index contributed by atoms with van der Waals surface area (Å²) >= 11 is 0. The fraction of sp³-hybridized carbons (Fsp3) is 0.467. The van der Waals surface area contributed by atoms with E-state index in [0.29, 0.717) is 5.69 Å². The van der Waals surface area contributed by atoms with E-state index in [1.54, 1.807) is 0 Å². The largest absolute Gasteiger partial charge is 0.480 e. The van der Waals surface area contributed by atoms with Gasteiger partial charge in [0.2, 0.25) is 23.6 Å². The molecule has 160 valence electrons. The lowest BCUT2D eigenvalue weighted by atomic mass is 10.1. The molecule has 0 fully saturated rings. The van der Waals surface area contributed by atoms with Crippen LogP contribution in [-0.2, 0) is 30.4 Å². The summed E-state index contributed by atoms with van der Waals surface area (Å²) in [5.74, 6) is -4.68. The average molecular weight is 413 g/mol. The second kappa shape index (κ2) is 11.4. The number of imidazole rings is 1. The summed E-state index contributed by atoms with van der Waals surface area (Å²) < 4.78 is 0. The molecule has 0 saturated carbocycles. The summed E-state index contributed by atoms with van der Waals surface area (Å²) in [4.78, 5) is 64.5. The van der Waals surface area contributed by atoms with Crippen molar-refractivity contribution in [1.29, 1.82) is 0 Å². The van der Waals surface area contributed by atoms with Crippen molar-refractivity contribution in [1.82, 2.24) is 25.9 Å². The Morgan fingerprint density at radius 2 is 1.83 bits per heavy atom. The van der Waals surface area contributed by atoms with Crippen LogP contribution in [-0.4, -0.2) is 81.1 Å². The van der Waals surface area contributed by atoms with Crippen LogP contribution < -0.4 is 27.4 Å². The van der Waals surface area contributed by atoms with Crippen LogP contribution in [0.15, 0.2) is 12.5 Å². The SMILES string of the molecule is NC(=O)CC(N)C(=O)NC(Cc1cnc[nH]1)C(=O)NCC(=O)NC(CO)C(=O)O. The van der Waals surface area contributed by atoms with E-state index in [0.717, 1.165) is 0 Å². The Labute approximate surface area is 164 Å². The number of hydrogen-bond donors (Lipinski definition) is 8. The van der Waals surface area contributed by atoms with E-state index >= 15 is 0 Å². The number of hydrogen-bond acceptors (Lipinski definition) is 8. The van der Waals surface area contributed by atoms with Gasteiger partial charge in [0.05, 0.1) is 31.9 Å². The number of rotatable bonds is 12. The standard InChI is InChI=1S/C15H23N7O7/c16-8(2-11(17)24)13(26)22-9(1-7-3-18-6-20-7)14(27)19-4-12(25)21-10(5-23)15(28)29/h3,6,8-10,23H,1-2,4-5,16H2,(H2,17,24)(H,18,20)(H,19,27)(H,21,25)(H,22,26)(H,28,29). The van der Waals surface area contributed by atoms with Crippen molar-refractivity contribution in [2.75, 3.05) is 13.2 Å². The van der Waals surface area contributed by atoms with Gasteiger partial charge in [0.1, 0.15) is 12.1 Å². The van der Waals surface area contributed by atoms with Crippen LogP contribution in [0.3, 0.4) is 0 Å². The van der Waals surface area contributed by atoms with Gasteiger partial charge in [-0.15, -0.1) is 0 Å². The van der Waals surface area contributed by atoms with Crippen LogP contribution in [0.25, 0.3) is 0 Å². The maximum Gasteiger partial charge on any atom is 0.328 e. The first kappa shape index (κ1) is 23.5. The first-order chi connectivity index (χ1) is 13.6. The van der Waals surface area contributed by atoms with Gasteiger partial charge in [-0.3, -0.25) is 19.2 Å². The molecule has 29 heavy (non-hydrogen) atoms. The third-order valence-electron chi connectivity index (χ3n) is 3.61. The third-order valence-corrected chi connectivity index (χ3v) is 3.61. The van der Waals surface area contributed by atoms with Crippen molar-refractivity contribution in [3.05, 3.63) is 18.2 Å². The minimum Gasteiger partial charge on any atom is -0.480 e. The zero-order chi connectivity index (χ0) is 22.0. The molecular formula is C15H23N7O7. The van der Waals surface area contributed by atoms with E-state index in [1.807, 2.05) is 5.32 Å². The van der Waals surface area contributed by atoms with Crippen molar-refractivity contribution in [2.24, 2.45) is 11.5 Å². The molecule has 0 bridgehead atoms. The molecule has 0 aliphatic heterocycles. The molecule has 0 aliphatic rings. The van der Waals surface area contributed by atoms with Crippen LogP contribution in [0, 0.1) is 0 Å². The Bertz CT molecular complexity index is 737. The molecule has 0 aromatic carbocycles. The Balaban J connectivity index is 2.72.